The molecule has 0 aliphatic carbocycles. The lowest BCUT2D eigenvalue weighted by atomic mass is 10.1. The van der Waals surface area contributed by atoms with Crippen molar-refractivity contribution in [2.24, 2.45) is 4.99 Å². The summed E-state index contributed by atoms with van der Waals surface area (Å²) < 4.78 is 11.3. The van der Waals surface area contributed by atoms with Crippen LogP contribution in [0.2, 0.25) is 0 Å². The molecule has 5 nitrogen and oxygen atoms in total. The van der Waals surface area contributed by atoms with Crippen LogP contribution in [0.15, 0.2) is 47.5 Å². The molecule has 146 valence electrons. The average molecular weight is 370 g/mol. The molecule has 0 amide bonds. The van der Waals surface area contributed by atoms with Crippen LogP contribution in [-0.2, 0) is 17.8 Å². The fourth-order valence-corrected chi connectivity index (χ4v) is 2.68. The van der Waals surface area contributed by atoms with E-state index in [4.69, 9.17) is 9.47 Å². The van der Waals surface area contributed by atoms with Crippen molar-refractivity contribution in [1.82, 2.24) is 10.6 Å². The largest absolute Gasteiger partial charge is 0.491 e. The van der Waals surface area contributed by atoms with Crippen LogP contribution in [0.1, 0.15) is 29.2 Å². The minimum Gasteiger partial charge on any atom is -0.491 e. The van der Waals surface area contributed by atoms with Crippen LogP contribution in [0.5, 0.6) is 5.75 Å². The van der Waals surface area contributed by atoms with Crippen molar-refractivity contribution >= 4 is 5.96 Å². The summed E-state index contributed by atoms with van der Waals surface area (Å²) in [5.74, 6) is 1.65. The lowest BCUT2D eigenvalue weighted by Crippen LogP contribution is -2.36. The summed E-state index contributed by atoms with van der Waals surface area (Å²) in [5.41, 5.74) is 4.79. The van der Waals surface area contributed by atoms with Crippen molar-refractivity contribution in [2.45, 2.75) is 33.9 Å². The van der Waals surface area contributed by atoms with Gasteiger partial charge in [-0.05, 0) is 43.5 Å². The van der Waals surface area contributed by atoms with Crippen LogP contribution < -0.4 is 15.4 Å². The summed E-state index contributed by atoms with van der Waals surface area (Å²) in [6.45, 7) is 9.38. The molecule has 2 rings (SSSR count). The first-order valence-electron chi connectivity index (χ1n) is 9.43. The maximum atomic E-state index is 5.91. The second-order valence-corrected chi connectivity index (χ2v) is 6.36. The Morgan fingerprint density at radius 2 is 1.70 bits per heavy atom. The third-order valence-corrected chi connectivity index (χ3v) is 4.29. The normalized spacial score (nSPS) is 11.3. The van der Waals surface area contributed by atoms with Gasteiger partial charge in [0, 0.05) is 32.3 Å². The molecule has 0 atom stereocenters. The highest BCUT2D eigenvalue weighted by Gasteiger charge is 2.06. The van der Waals surface area contributed by atoms with Crippen molar-refractivity contribution in [3.63, 3.8) is 0 Å². The van der Waals surface area contributed by atoms with E-state index in [-0.39, 0.29) is 0 Å². The Hall–Kier alpha value is -2.53. The van der Waals surface area contributed by atoms with E-state index in [0.717, 1.165) is 23.8 Å². The zero-order valence-corrected chi connectivity index (χ0v) is 16.8. The molecule has 0 bridgehead atoms. The molecule has 0 heterocycles. The molecule has 5 heteroatoms. The molecule has 0 unspecified atom stereocenters. The monoisotopic (exact) mass is 369 g/mol. The van der Waals surface area contributed by atoms with Gasteiger partial charge in [0.25, 0.3) is 0 Å². The van der Waals surface area contributed by atoms with Gasteiger partial charge in [-0.25, -0.2) is 0 Å². The van der Waals surface area contributed by atoms with Gasteiger partial charge in [0.1, 0.15) is 12.4 Å². The summed E-state index contributed by atoms with van der Waals surface area (Å²) in [6.07, 6.45) is 0. The van der Waals surface area contributed by atoms with Crippen LogP contribution in [0, 0.1) is 13.8 Å². The van der Waals surface area contributed by atoms with Crippen LogP contribution in [-0.4, -0.2) is 32.8 Å². The Bertz CT molecular complexity index is 744. The summed E-state index contributed by atoms with van der Waals surface area (Å²) in [7, 11) is 1.78. The van der Waals surface area contributed by atoms with E-state index in [1.807, 2.05) is 6.92 Å². The van der Waals surface area contributed by atoms with Gasteiger partial charge in [-0.1, -0.05) is 36.4 Å². The quantitative estimate of drug-likeness (QED) is 0.403. The van der Waals surface area contributed by atoms with E-state index >= 15 is 0 Å². The van der Waals surface area contributed by atoms with E-state index in [0.29, 0.717) is 26.4 Å². The first kappa shape index (κ1) is 20.8. The molecule has 2 aromatic carbocycles. The highest BCUT2D eigenvalue weighted by Crippen LogP contribution is 2.20. The van der Waals surface area contributed by atoms with Crippen molar-refractivity contribution < 1.29 is 9.47 Å². The molecule has 0 aliphatic rings. The van der Waals surface area contributed by atoms with Crippen LogP contribution in [0.25, 0.3) is 0 Å². The number of rotatable bonds is 9. The number of benzene rings is 2. The number of ether oxygens (including phenoxy) is 2. The number of hydrogen-bond acceptors (Lipinski definition) is 3. The molecule has 0 fully saturated rings. The van der Waals surface area contributed by atoms with Gasteiger partial charge in [0.2, 0.25) is 0 Å². The second-order valence-electron chi connectivity index (χ2n) is 6.36. The fourth-order valence-electron chi connectivity index (χ4n) is 2.68. The predicted octanol–water partition coefficient (Wildman–Crippen LogP) is 3.58. The summed E-state index contributed by atoms with van der Waals surface area (Å²) in [5, 5.41) is 6.73. The maximum Gasteiger partial charge on any atom is 0.191 e. The minimum absolute atomic E-state index is 0.546. The summed E-state index contributed by atoms with van der Waals surface area (Å²) in [6, 6.07) is 14.6. The Morgan fingerprint density at radius 3 is 2.41 bits per heavy atom. The molecular weight excluding hydrogens is 338 g/mol. The van der Waals surface area contributed by atoms with Crippen molar-refractivity contribution in [1.29, 1.82) is 0 Å². The van der Waals surface area contributed by atoms with Gasteiger partial charge in [-0.2, -0.15) is 0 Å². The number of nitrogens with zero attached hydrogens (tertiary/aromatic N) is 1. The van der Waals surface area contributed by atoms with Gasteiger partial charge < -0.3 is 20.1 Å². The zero-order valence-electron chi connectivity index (χ0n) is 16.8. The number of nitrogens with one attached hydrogen (secondary N) is 2. The predicted molar refractivity (Wildman–Crippen MR) is 111 cm³/mol. The van der Waals surface area contributed by atoms with E-state index in [1.54, 1.807) is 7.05 Å². The number of aryl methyl sites for hydroxylation is 2. The summed E-state index contributed by atoms with van der Waals surface area (Å²) in [4.78, 5) is 4.32. The van der Waals surface area contributed by atoms with Crippen molar-refractivity contribution in [3.05, 3.63) is 64.7 Å². The lowest BCUT2D eigenvalue weighted by molar-refractivity contribution is 0.110. The molecule has 2 aromatic rings. The molecule has 0 spiro atoms. The first-order chi connectivity index (χ1) is 13.1. The molecular formula is C22H31N3O2. The molecule has 0 radical (unpaired) electrons. The Labute approximate surface area is 162 Å². The fraction of sp³-hybridized carbons (Fsp3) is 0.409. The molecule has 0 saturated carbocycles. The van der Waals surface area contributed by atoms with E-state index in [2.05, 4.69) is 71.9 Å². The Balaban J connectivity index is 1.92. The molecule has 0 saturated heterocycles. The number of guanidine groups is 1. The van der Waals surface area contributed by atoms with Crippen molar-refractivity contribution in [3.8, 4) is 5.75 Å². The van der Waals surface area contributed by atoms with Gasteiger partial charge in [-0.3, -0.25) is 4.99 Å². The number of hydrogen-bond donors (Lipinski definition) is 2. The SMILES string of the molecule is CCOCCOc1cc(C)ccc1CNC(=NC)NCc1ccccc1C. The third kappa shape index (κ3) is 6.94. The maximum absolute atomic E-state index is 5.91. The summed E-state index contributed by atoms with van der Waals surface area (Å²) >= 11 is 0. The highest BCUT2D eigenvalue weighted by molar-refractivity contribution is 5.79. The smallest absolute Gasteiger partial charge is 0.191 e. The Morgan fingerprint density at radius 1 is 0.963 bits per heavy atom. The lowest BCUT2D eigenvalue weighted by Gasteiger charge is -2.16. The standard InChI is InChI=1S/C22H31N3O2/c1-5-26-12-13-27-21-14-17(2)10-11-20(21)16-25-22(23-4)24-15-19-9-7-6-8-18(19)3/h6-11,14H,5,12-13,15-16H2,1-4H3,(H2,23,24,25). The van der Waals surface area contributed by atoms with Crippen LogP contribution >= 0.6 is 0 Å². The minimum atomic E-state index is 0.546. The van der Waals surface area contributed by atoms with Gasteiger partial charge in [0.15, 0.2) is 5.96 Å². The molecule has 2 N–H and O–H groups in total. The molecule has 27 heavy (non-hydrogen) atoms. The van der Waals surface area contributed by atoms with Crippen molar-refractivity contribution in [2.75, 3.05) is 26.9 Å². The first-order valence-corrected chi connectivity index (χ1v) is 9.43. The highest BCUT2D eigenvalue weighted by atomic mass is 16.5. The zero-order chi connectivity index (χ0) is 19.5. The molecule has 0 aliphatic heterocycles. The number of aliphatic imine (C=N–C) groups is 1. The van der Waals surface area contributed by atoms with Gasteiger partial charge >= 0.3 is 0 Å². The van der Waals surface area contributed by atoms with Gasteiger partial charge in [0.05, 0.1) is 6.61 Å². The van der Waals surface area contributed by atoms with E-state index in [9.17, 15) is 0 Å². The third-order valence-electron chi connectivity index (χ3n) is 4.29. The Kier molecular flexibility index (Phi) is 8.65. The molecule has 0 aromatic heterocycles. The van der Waals surface area contributed by atoms with Gasteiger partial charge in [-0.15, -0.1) is 0 Å². The van der Waals surface area contributed by atoms with Crippen LogP contribution in [0.3, 0.4) is 0 Å². The second kappa shape index (κ2) is 11.2. The van der Waals surface area contributed by atoms with E-state index in [1.165, 1.54) is 16.7 Å². The van der Waals surface area contributed by atoms with E-state index < -0.39 is 0 Å². The topological polar surface area (TPSA) is 54.9 Å². The average Bonchev–Trinajstić information content (AvgIpc) is 2.68. The van der Waals surface area contributed by atoms with Crippen LogP contribution in [0.4, 0.5) is 0 Å².